The summed E-state index contributed by atoms with van der Waals surface area (Å²) in [6.07, 6.45) is -10.2. The molecule has 11 heteroatoms. The van der Waals surface area contributed by atoms with Crippen LogP contribution in [0.1, 0.15) is 0 Å². The van der Waals surface area contributed by atoms with Gasteiger partial charge in [-0.1, -0.05) is 18.2 Å². The van der Waals surface area contributed by atoms with Gasteiger partial charge in [-0.15, -0.1) is 26.3 Å². The first-order chi connectivity index (χ1) is 11.5. The molecule has 0 atom stereocenters. The molecule has 2 aromatic carbocycles. The first-order valence-electron chi connectivity index (χ1n) is 6.35. The fourth-order valence-electron chi connectivity index (χ4n) is 1.99. The van der Waals surface area contributed by atoms with Gasteiger partial charge in [-0.2, -0.15) is 0 Å². The van der Waals surface area contributed by atoms with E-state index in [1.165, 1.54) is 12.1 Å². The number of nitrogens with zero attached hydrogens (tertiary/aromatic N) is 1. The van der Waals surface area contributed by atoms with Crippen molar-refractivity contribution in [3.8, 4) is 22.6 Å². The van der Waals surface area contributed by atoms with E-state index < -0.39 is 46.0 Å². The second-order valence-electron chi connectivity index (χ2n) is 4.53. The van der Waals surface area contributed by atoms with Gasteiger partial charge in [-0.25, -0.2) is 0 Å². The summed E-state index contributed by atoms with van der Waals surface area (Å²) in [6, 6.07) is 6.34. The summed E-state index contributed by atoms with van der Waals surface area (Å²) in [4.78, 5) is 10.1. The third-order valence-electron chi connectivity index (χ3n) is 2.80. The van der Waals surface area contributed by atoms with E-state index in [-0.39, 0.29) is 0 Å². The van der Waals surface area contributed by atoms with E-state index in [4.69, 9.17) is 0 Å². The Kier molecular flexibility index (Phi) is 4.77. The molecular weight excluding hydrogens is 360 g/mol. The molecule has 0 amide bonds. The zero-order valence-corrected chi connectivity index (χ0v) is 11.9. The van der Waals surface area contributed by atoms with Crippen LogP contribution in [0, 0.1) is 10.1 Å². The Hall–Kier alpha value is -2.98. The van der Waals surface area contributed by atoms with Crippen molar-refractivity contribution in [3.63, 3.8) is 0 Å². The van der Waals surface area contributed by atoms with E-state index in [1.54, 1.807) is 0 Å². The molecule has 0 N–H and O–H groups in total. The van der Waals surface area contributed by atoms with Crippen LogP contribution < -0.4 is 9.47 Å². The lowest BCUT2D eigenvalue weighted by atomic mass is 10.0. The van der Waals surface area contributed by atoms with E-state index in [9.17, 15) is 36.5 Å². The zero-order valence-electron chi connectivity index (χ0n) is 11.9. The Morgan fingerprint density at radius 1 is 0.840 bits per heavy atom. The summed E-state index contributed by atoms with van der Waals surface area (Å²) in [5.74, 6) is -1.63. The Labute approximate surface area is 135 Å². The maximum Gasteiger partial charge on any atom is 0.573 e. The number of rotatable bonds is 4. The zero-order chi connectivity index (χ0) is 18.8. The fraction of sp³-hybridized carbons (Fsp3) is 0.143. The smallest absolute Gasteiger partial charge is 0.406 e. The van der Waals surface area contributed by atoms with Gasteiger partial charge in [0.15, 0.2) is 0 Å². The first-order valence-corrected chi connectivity index (χ1v) is 6.35. The normalized spacial score (nSPS) is 11.9. The highest BCUT2D eigenvalue weighted by Crippen LogP contribution is 2.40. The minimum absolute atomic E-state index is 0.417. The van der Waals surface area contributed by atoms with E-state index in [1.807, 2.05) is 0 Å². The van der Waals surface area contributed by atoms with Crippen molar-refractivity contribution in [2.24, 2.45) is 0 Å². The summed E-state index contributed by atoms with van der Waals surface area (Å²) in [5.41, 5.74) is -1.65. The van der Waals surface area contributed by atoms with Crippen LogP contribution in [0.25, 0.3) is 11.1 Å². The van der Waals surface area contributed by atoms with Crippen LogP contribution >= 0.6 is 0 Å². The summed E-state index contributed by atoms with van der Waals surface area (Å²) in [5, 5.41) is 11.1. The summed E-state index contributed by atoms with van der Waals surface area (Å²) >= 11 is 0. The van der Waals surface area contributed by atoms with E-state index in [0.29, 0.717) is 18.2 Å². The number of para-hydroxylation sites is 1. The number of benzene rings is 2. The van der Waals surface area contributed by atoms with Gasteiger partial charge in [0.05, 0.1) is 10.5 Å². The highest BCUT2D eigenvalue weighted by molar-refractivity contribution is 5.79. The molecule has 0 heterocycles. The van der Waals surface area contributed by atoms with Gasteiger partial charge in [0.25, 0.3) is 5.69 Å². The van der Waals surface area contributed by atoms with Crippen LogP contribution in [-0.4, -0.2) is 17.6 Å². The standard InChI is InChI=1S/C14H7F6NO4/c15-13(16,17)24-8-5-6-11(21(22)23)10(7-8)9-3-1-2-4-12(9)25-14(18,19)20/h1-7H. The summed E-state index contributed by atoms with van der Waals surface area (Å²) in [7, 11) is 0. The summed E-state index contributed by atoms with van der Waals surface area (Å²) in [6.45, 7) is 0. The number of alkyl halides is 6. The Balaban J connectivity index is 2.60. The van der Waals surface area contributed by atoms with Crippen LogP contribution in [0.15, 0.2) is 42.5 Å². The quantitative estimate of drug-likeness (QED) is 0.431. The van der Waals surface area contributed by atoms with Gasteiger partial charge < -0.3 is 9.47 Å². The van der Waals surface area contributed by atoms with Gasteiger partial charge >= 0.3 is 12.7 Å². The van der Waals surface area contributed by atoms with Crippen molar-refractivity contribution in [2.75, 3.05) is 0 Å². The molecule has 5 nitrogen and oxygen atoms in total. The van der Waals surface area contributed by atoms with Crippen LogP contribution in [0.3, 0.4) is 0 Å². The highest BCUT2D eigenvalue weighted by Gasteiger charge is 2.34. The van der Waals surface area contributed by atoms with Crippen molar-refractivity contribution in [1.82, 2.24) is 0 Å². The number of hydrogen-bond acceptors (Lipinski definition) is 4. The molecule has 0 unspecified atom stereocenters. The van der Waals surface area contributed by atoms with Crippen LogP contribution in [-0.2, 0) is 0 Å². The number of ether oxygens (including phenoxy) is 2. The number of nitro benzene ring substituents is 1. The van der Waals surface area contributed by atoms with E-state index in [2.05, 4.69) is 9.47 Å². The lowest BCUT2D eigenvalue weighted by Crippen LogP contribution is -2.18. The minimum atomic E-state index is -5.09. The largest absolute Gasteiger partial charge is 0.573 e. The van der Waals surface area contributed by atoms with Crippen LogP contribution in [0.5, 0.6) is 11.5 Å². The lowest BCUT2D eigenvalue weighted by molar-refractivity contribution is -0.384. The molecule has 2 aromatic rings. The van der Waals surface area contributed by atoms with Crippen molar-refractivity contribution >= 4 is 5.69 Å². The molecule has 2 rings (SSSR count). The molecule has 134 valence electrons. The monoisotopic (exact) mass is 367 g/mol. The lowest BCUT2D eigenvalue weighted by Gasteiger charge is -2.14. The Morgan fingerprint density at radius 2 is 1.44 bits per heavy atom. The van der Waals surface area contributed by atoms with Crippen LogP contribution in [0.2, 0.25) is 0 Å². The maximum absolute atomic E-state index is 12.5. The number of hydrogen-bond donors (Lipinski definition) is 0. The van der Waals surface area contributed by atoms with Crippen molar-refractivity contribution in [1.29, 1.82) is 0 Å². The minimum Gasteiger partial charge on any atom is -0.406 e. The predicted octanol–water partition coefficient (Wildman–Crippen LogP) is 5.06. The van der Waals surface area contributed by atoms with Gasteiger partial charge in [0.2, 0.25) is 0 Å². The van der Waals surface area contributed by atoms with Crippen molar-refractivity contribution in [2.45, 2.75) is 12.7 Å². The van der Waals surface area contributed by atoms with Gasteiger partial charge in [0.1, 0.15) is 11.5 Å². The molecule has 0 saturated heterocycles. The van der Waals surface area contributed by atoms with Gasteiger partial charge in [-0.3, -0.25) is 10.1 Å². The average Bonchev–Trinajstić information content (AvgIpc) is 2.44. The average molecular weight is 367 g/mol. The molecule has 0 aliphatic heterocycles. The van der Waals surface area contributed by atoms with Gasteiger partial charge in [0, 0.05) is 11.6 Å². The molecule has 0 aromatic heterocycles. The van der Waals surface area contributed by atoms with Crippen molar-refractivity contribution < 1.29 is 40.7 Å². The van der Waals surface area contributed by atoms with Crippen molar-refractivity contribution in [3.05, 3.63) is 52.6 Å². The number of nitro groups is 1. The Morgan fingerprint density at radius 3 is 2.00 bits per heavy atom. The molecule has 25 heavy (non-hydrogen) atoms. The van der Waals surface area contributed by atoms with Crippen LogP contribution in [0.4, 0.5) is 32.0 Å². The SMILES string of the molecule is O=[N+]([O-])c1ccc(OC(F)(F)F)cc1-c1ccccc1OC(F)(F)F. The molecule has 0 aliphatic carbocycles. The molecule has 0 aliphatic rings. The molecule has 0 bridgehead atoms. The van der Waals surface area contributed by atoms with E-state index >= 15 is 0 Å². The third kappa shape index (κ3) is 4.99. The molecule has 0 fully saturated rings. The number of halogens is 6. The maximum atomic E-state index is 12.5. The predicted molar refractivity (Wildman–Crippen MR) is 71.9 cm³/mol. The third-order valence-corrected chi connectivity index (χ3v) is 2.80. The fourth-order valence-corrected chi connectivity index (χ4v) is 1.99. The van der Waals surface area contributed by atoms with E-state index in [0.717, 1.165) is 12.1 Å². The molecule has 0 radical (unpaired) electrons. The topological polar surface area (TPSA) is 61.6 Å². The highest BCUT2D eigenvalue weighted by atomic mass is 19.4. The molecule has 0 saturated carbocycles. The second kappa shape index (κ2) is 6.49. The van der Waals surface area contributed by atoms with Gasteiger partial charge in [-0.05, 0) is 18.2 Å². The summed E-state index contributed by atoms with van der Waals surface area (Å²) < 4.78 is 81.8. The molecule has 0 spiro atoms. The first kappa shape index (κ1) is 18.4. The molecular formula is C14H7F6NO4. The second-order valence-corrected chi connectivity index (χ2v) is 4.53. The Bertz CT molecular complexity index is 788.